The molecule has 1 N–H and O–H groups in total. The van der Waals surface area contributed by atoms with Gasteiger partial charge in [0.1, 0.15) is 0 Å². The number of aromatic amines is 1. The highest BCUT2D eigenvalue weighted by atomic mass is 32.2. The zero-order chi connectivity index (χ0) is 29.0. The SMILES string of the molecule is CN(CCCCN(Cc1cccnc1F)Cc1c[nH]c2ccccc12)C1CCCCC1.CN1CCN(S(=O)[O-])CC1. The van der Waals surface area contributed by atoms with Crippen molar-refractivity contribution in [2.45, 2.75) is 64.1 Å². The summed E-state index contributed by atoms with van der Waals surface area (Å²) in [4.78, 5) is 14.2. The first-order valence-electron chi connectivity index (χ1n) is 15.0. The van der Waals surface area contributed by atoms with Gasteiger partial charge in [-0.25, -0.2) is 9.29 Å². The fraction of sp³-hybridized carbons (Fsp3) is 0.581. The fourth-order valence-electron chi connectivity index (χ4n) is 5.83. The molecule has 0 amide bonds. The van der Waals surface area contributed by atoms with Gasteiger partial charge in [-0.05, 0) is 70.6 Å². The number of H-pyrrole nitrogens is 1. The van der Waals surface area contributed by atoms with Gasteiger partial charge in [-0.1, -0.05) is 43.5 Å². The fourth-order valence-corrected chi connectivity index (χ4v) is 6.30. The third kappa shape index (κ3) is 9.94. The molecule has 226 valence electrons. The Morgan fingerprint density at radius 3 is 2.44 bits per heavy atom. The van der Waals surface area contributed by atoms with Gasteiger partial charge in [0.2, 0.25) is 5.95 Å². The van der Waals surface area contributed by atoms with Crippen LogP contribution in [0.4, 0.5) is 4.39 Å². The number of unbranched alkanes of at least 4 members (excludes halogenated alkanes) is 1. The second kappa shape index (κ2) is 16.4. The maximum Gasteiger partial charge on any atom is 0.217 e. The highest BCUT2D eigenvalue weighted by Gasteiger charge is 2.18. The summed E-state index contributed by atoms with van der Waals surface area (Å²) in [5.41, 5.74) is 3.08. The maximum absolute atomic E-state index is 14.2. The summed E-state index contributed by atoms with van der Waals surface area (Å²) in [7, 11) is 4.27. The van der Waals surface area contributed by atoms with Crippen LogP contribution in [0.5, 0.6) is 0 Å². The lowest BCUT2D eigenvalue weighted by atomic mass is 9.94. The molecule has 1 aliphatic carbocycles. The molecule has 0 bridgehead atoms. The van der Waals surface area contributed by atoms with Crippen molar-refractivity contribution in [3.63, 3.8) is 0 Å². The lowest BCUT2D eigenvalue weighted by Gasteiger charge is -2.32. The lowest BCUT2D eigenvalue weighted by Crippen LogP contribution is -2.44. The molecule has 3 heterocycles. The van der Waals surface area contributed by atoms with Crippen molar-refractivity contribution in [1.82, 2.24) is 29.0 Å². The molecular weight excluding hydrogens is 539 g/mol. The Bertz CT molecular complexity index is 1210. The molecule has 41 heavy (non-hydrogen) atoms. The molecule has 1 aliphatic heterocycles. The number of fused-ring (bicyclic) bond motifs is 1. The second-order valence-corrected chi connectivity index (χ2v) is 12.4. The van der Waals surface area contributed by atoms with Gasteiger partial charge in [0.25, 0.3) is 0 Å². The van der Waals surface area contributed by atoms with Crippen molar-refractivity contribution in [2.24, 2.45) is 0 Å². The minimum absolute atomic E-state index is 0.358. The summed E-state index contributed by atoms with van der Waals surface area (Å²) in [6.45, 7) is 6.43. The van der Waals surface area contributed by atoms with Crippen molar-refractivity contribution >= 4 is 22.2 Å². The largest absolute Gasteiger partial charge is 0.760 e. The van der Waals surface area contributed by atoms with Crippen molar-refractivity contribution in [3.8, 4) is 0 Å². The van der Waals surface area contributed by atoms with Crippen LogP contribution in [0.1, 0.15) is 56.1 Å². The van der Waals surface area contributed by atoms with Crippen LogP contribution in [0.3, 0.4) is 0 Å². The molecule has 1 unspecified atom stereocenters. The topological polar surface area (TPSA) is 81.8 Å². The van der Waals surface area contributed by atoms with Crippen LogP contribution in [-0.2, 0) is 24.4 Å². The number of nitrogens with zero attached hydrogens (tertiary/aromatic N) is 5. The van der Waals surface area contributed by atoms with Crippen LogP contribution in [0.15, 0.2) is 48.8 Å². The number of nitrogens with one attached hydrogen (secondary N) is 1. The normalized spacial score (nSPS) is 18.1. The molecular formula is C31H46FN6O2S-. The molecule has 3 aromatic rings. The molecule has 1 aromatic carbocycles. The first kappa shape index (κ1) is 31.7. The molecule has 0 radical (unpaired) electrons. The Labute approximate surface area is 247 Å². The van der Waals surface area contributed by atoms with Gasteiger partial charge in [-0.15, -0.1) is 0 Å². The number of benzene rings is 1. The van der Waals surface area contributed by atoms with Gasteiger partial charge in [0, 0.05) is 85.4 Å². The standard InChI is InChI=1S/C26H35FN4.C5H12N2O2S/c1-30(23-11-3-2-4-12-23)16-7-8-17-31(19-21-10-9-15-28-26(21)27)20-22-18-29-25-14-6-5-13-24(22)25;1-6-2-4-7(5-3-6)10(8)9/h5-6,9-10,13-15,18,23,29H,2-4,7-8,11-12,16-17,19-20H2,1H3;2-5H2,1H3,(H,8,9)/p-1. The van der Waals surface area contributed by atoms with E-state index in [1.54, 1.807) is 0 Å². The average Bonchev–Trinajstić information content (AvgIpc) is 3.40. The van der Waals surface area contributed by atoms with Gasteiger partial charge in [0.15, 0.2) is 0 Å². The average molecular weight is 586 g/mol. The highest BCUT2D eigenvalue weighted by Crippen LogP contribution is 2.23. The van der Waals surface area contributed by atoms with E-state index in [9.17, 15) is 13.2 Å². The van der Waals surface area contributed by atoms with Crippen molar-refractivity contribution < 1.29 is 13.2 Å². The third-order valence-corrected chi connectivity index (χ3v) is 9.19. The number of halogens is 1. The van der Waals surface area contributed by atoms with E-state index in [4.69, 9.17) is 0 Å². The summed E-state index contributed by atoms with van der Waals surface area (Å²) in [6, 6.07) is 12.8. The van der Waals surface area contributed by atoms with Gasteiger partial charge in [-0.3, -0.25) is 9.11 Å². The van der Waals surface area contributed by atoms with Gasteiger partial charge in [0.05, 0.1) is 0 Å². The van der Waals surface area contributed by atoms with Crippen LogP contribution < -0.4 is 0 Å². The molecule has 2 aromatic heterocycles. The van der Waals surface area contributed by atoms with Crippen molar-refractivity contribution in [2.75, 3.05) is 53.4 Å². The van der Waals surface area contributed by atoms with Crippen molar-refractivity contribution in [1.29, 1.82) is 0 Å². The first-order chi connectivity index (χ1) is 19.9. The van der Waals surface area contributed by atoms with E-state index in [-0.39, 0.29) is 5.95 Å². The number of piperazine rings is 1. The zero-order valence-electron chi connectivity index (χ0n) is 24.6. The zero-order valence-corrected chi connectivity index (χ0v) is 25.5. The number of hydrogen-bond donors (Lipinski definition) is 1. The van der Waals surface area contributed by atoms with Crippen LogP contribution in [-0.4, -0.2) is 97.1 Å². The van der Waals surface area contributed by atoms with Crippen LogP contribution in [0.25, 0.3) is 10.9 Å². The molecule has 1 saturated carbocycles. The Balaban J connectivity index is 0.000000328. The number of aromatic nitrogens is 2. The van der Waals surface area contributed by atoms with E-state index in [2.05, 4.69) is 56.1 Å². The Kier molecular flexibility index (Phi) is 12.7. The molecule has 2 fully saturated rings. The molecule has 8 nitrogen and oxygen atoms in total. The molecule has 2 aliphatic rings. The highest BCUT2D eigenvalue weighted by molar-refractivity contribution is 7.76. The molecule has 0 spiro atoms. The first-order valence-corrected chi connectivity index (χ1v) is 16.0. The van der Waals surface area contributed by atoms with Crippen LogP contribution in [0.2, 0.25) is 0 Å². The number of pyridine rings is 1. The Morgan fingerprint density at radius 2 is 1.71 bits per heavy atom. The quantitative estimate of drug-likeness (QED) is 0.198. The van der Waals surface area contributed by atoms with Gasteiger partial charge >= 0.3 is 0 Å². The predicted octanol–water partition coefficient (Wildman–Crippen LogP) is 4.78. The second-order valence-electron chi connectivity index (χ2n) is 11.5. The number of likely N-dealkylation sites (N-methyl/N-ethyl adjacent to an activating group) is 1. The van der Waals surface area contributed by atoms with E-state index in [0.717, 1.165) is 50.7 Å². The molecule has 10 heteroatoms. The number of hydrogen-bond acceptors (Lipinski definition) is 6. The van der Waals surface area contributed by atoms with Crippen molar-refractivity contribution in [3.05, 3.63) is 65.9 Å². The minimum atomic E-state index is -2.01. The predicted molar refractivity (Wildman–Crippen MR) is 163 cm³/mol. The lowest BCUT2D eigenvalue weighted by molar-refractivity contribution is 0.182. The molecule has 5 rings (SSSR count). The van der Waals surface area contributed by atoms with E-state index in [1.165, 1.54) is 60.0 Å². The minimum Gasteiger partial charge on any atom is -0.760 e. The van der Waals surface area contributed by atoms with Gasteiger partial charge in [-0.2, -0.15) is 4.39 Å². The van der Waals surface area contributed by atoms with Gasteiger partial charge < -0.3 is 19.3 Å². The molecule has 1 saturated heterocycles. The van der Waals surface area contributed by atoms with E-state index >= 15 is 0 Å². The smallest absolute Gasteiger partial charge is 0.217 e. The van der Waals surface area contributed by atoms with E-state index in [0.29, 0.717) is 25.2 Å². The number of rotatable bonds is 11. The summed E-state index contributed by atoms with van der Waals surface area (Å²) >= 11 is -2.01. The third-order valence-electron chi connectivity index (χ3n) is 8.41. The summed E-state index contributed by atoms with van der Waals surface area (Å²) < 4.78 is 36.4. The summed E-state index contributed by atoms with van der Waals surface area (Å²) in [5.74, 6) is -0.358. The van der Waals surface area contributed by atoms with Crippen LogP contribution >= 0.6 is 0 Å². The summed E-state index contributed by atoms with van der Waals surface area (Å²) in [6.07, 6.45) is 12.8. The van der Waals surface area contributed by atoms with Crippen LogP contribution in [0, 0.1) is 5.95 Å². The Morgan fingerprint density at radius 1 is 1.00 bits per heavy atom. The maximum atomic E-state index is 14.2. The van der Waals surface area contributed by atoms with E-state index < -0.39 is 11.3 Å². The summed E-state index contributed by atoms with van der Waals surface area (Å²) in [5, 5.41) is 1.25. The Hall–Kier alpha value is -2.21. The monoisotopic (exact) mass is 585 g/mol. The van der Waals surface area contributed by atoms with E-state index in [1.807, 2.05) is 25.2 Å². The number of para-hydroxylation sites is 1. The molecule has 1 atom stereocenters.